The molecule has 0 unspecified atom stereocenters. The highest BCUT2D eigenvalue weighted by atomic mass is 16.7. The van der Waals surface area contributed by atoms with Gasteiger partial charge in [0.25, 0.3) is 0 Å². The summed E-state index contributed by atoms with van der Waals surface area (Å²) >= 11 is 0. The van der Waals surface area contributed by atoms with Gasteiger partial charge in [-0.25, -0.2) is 0 Å². The fraction of sp³-hybridized carbons (Fsp3) is 0.500. The van der Waals surface area contributed by atoms with Gasteiger partial charge in [-0.05, 0) is 44.5 Å². The van der Waals surface area contributed by atoms with Gasteiger partial charge in [0, 0.05) is 18.6 Å². The Morgan fingerprint density at radius 2 is 1.76 bits per heavy atom. The summed E-state index contributed by atoms with van der Waals surface area (Å²) in [5.41, 5.74) is 4.09. The normalized spacial score (nSPS) is 20.5. The van der Waals surface area contributed by atoms with Crippen molar-refractivity contribution in [3.8, 4) is 0 Å². The van der Waals surface area contributed by atoms with E-state index in [-0.39, 0.29) is 17.1 Å². The van der Waals surface area contributed by atoms with E-state index in [0.717, 1.165) is 6.54 Å². The number of benzene rings is 2. The van der Waals surface area contributed by atoms with Crippen LogP contribution < -0.4 is 0 Å². The summed E-state index contributed by atoms with van der Waals surface area (Å²) in [6, 6.07) is 13.2. The second kappa shape index (κ2) is 5.65. The van der Waals surface area contributed by atoms with Gasteiger partial charge in [-0.3, -0.25) is 0 Å². The van der Waals surface area contributed by atoms with Gasteiger partial charge >= 0.3 is 0 Å². The van der Waals surface area contributed by atoms with Crippen LogP contribution in [0.3, 0.4) is 0 Å². The molecule has 0 amide bonds. The van der Waals surface area contributed by atoms with E-state index in [1.54, 1.807) is 0 Å². The lowest BCUT2D eigenvalue weighted by Gasteiger charge is -2.27. The van der Waals surface area contributed by atoms with E-state index >= 15 is 0 Å². The maximum atomic E-state index is 5.82. The molecule has 1 saturated heterocycles. The Hall–Kier alpha value is -1.71. The Morgan fingerprint density at radius 3 is 2.48 bits per heavy atom. The van der Waals surface area contributed by atoms with Crippen molar-refractivity contribution in [2.24, 2.45) is 5.41 Å². The van der Waals surface area contributed by atoms with Gasteiger partial charge in [-0.1, -0.05) is 24.3 Å². The van der Waals surface area contributed by atoms with Crippen molar-refractivity contribution in [3.63, 3.8) is 0 Å². The molecule has 132 valence electrons. The standard InChI is InChI=1S/C22H28NO2/c1-15-22(4,5)19-17-9-7-6-8-16(17)10-11-18(19)23(15)14-21(2,3)20-24-12-13-25-20/h6-11,20H,12-14H2,1-5H3/q+1. The Bertz CT molecular complexity index is 857. The third-order valence-electron chi connectivity index (χ3n) is 5.96. The van der Waals surface area contributed by atoms with Crippen molar-refractivity contribution in [2.75, 3.05) is 19.8 Å². The van der Waals surface area contributed by atoms with Gasteiger partial charge < -0.3 is 9.47 Å². The minimum Gasteiger partial charge on any atom is -0.349 e. The molecule has 0 spiro atoms. The third-order valence-corrected chi connectivity index (χ3v) is 5.96. The average Bonchev–Trinajstić information content (AvgIpc) is 3.18. The summed E-state index contributed by atoms with van der Waals surface area (Å²) in [6.45, 7) is 13.7. The molecule has 2 aliphatic heterocycles. The van der Waals surface area contributed by atoms with Crippen LogP contribution in [-0.4, -0.2) is 36.3 Å². The van der Waals surface area contributed by atoms with Crippen LogP contribution in [0, 0.1) is 5.41 Å². The zero-order chi connectivity index (χ0) is 17.8. The van der Waals surface area contributed by atoms with Crippen LogP contribution in [0.4, 0.5) is 5.69 Å². The van der Waals surface area contributed by atoms with Crippen LogP contribution in [0.1, 0.15) is 40.2 Å². The van der Waals surface area contributed by atoms with Gasteiger partial charge in [0.2, 0.25) is 5.69 Å². The van der Waals surface area contributed by atoms with Crippen LogP contribution in [0.25, 0.3) is 10.8 Å². The molecule has 2 aliphatic rings. The summed E-state index contributed by atoms with van der Waals surface area (Å²) in [4.78, 5) is 0. The Balaban J connectivity index is 1.82. The van der Waals surface area contributed by atoms with Crippen molar-refractivity contribution in [1.29, 1.82) is 0 Å². The van der Waals surface area contributed by atoms with Crippen LogP contribution >= 0.6 is 0 Å². The second-order valence-electron chi connectivity index (χ2n) is 8.54. The first-order chi connectivity index (χ1) is 11.8. The lowest BCUT2D eigenvalue weighted by molar-refractivity contribution is -0.464. The minimum atomic E-state index is -0.132. The lowest BCUT2D eigenvalue weighted by atomic mass is 9.80. The summed E-state index contributed by atoms with van der Waals surface area (Å²) in [5.74, 6) is 0. The van der Waals surface area contributed by atoms with E-state index in [2.05, 4.69) is 75.6 Å². The van der Waals surface area contributed by atoms with E-state index in [0.29, 0.717) is 13.2 Å². The molecular weight excluding hydrogens is 310 g/mol. The van der Waals surface area contributed by atoms with E-state index in [4.69, 9.17) is 9.47 Å². The first kappa shape index (κ1) is 16.7. The fourth-order valence-electron chi connectivity index (χ4n) is 4.34. The molecule has 4 rings (SSSR count). The molecule has 2 aromatic carbocycles. The summed E-state index contributed by atoms with van der Waals surface area (Å²) in [7, 11) is 0. The zero-order valence-electron chi connectivity index (χ0n) is 15.9. The maximum Gasteiger partial charge on any atom is 0.210 e. The number of nitrogens with zero attached hydrogens (tertiary/aromatic N) is 1. The van der Waals surface area contributed by atoms with Crippen molar-refractivity contribution in [2.45, 2.75) is 46.3 Å². The summed E-state index contributed by atoms with van der Waals surface area (Å²) < 4.78 is 14.1. The van der Waals surface area contributed by atoms with Crippen molar-refractivity contribution in [1.82, 2.24) is 0 Å². The molecule has 1 fully saturated rings. The number of hydrogen-bond acceptors (Lipinski definition) is 2. The predicted octanol–water partition coefficient (Wildman–Crippen LogP) is 4.64. The van der Waals surface area contributed by atoms with E-state index in [9.17, 15) is 0 Å². The number of rotatable bonds is 3. The molecule has 0 radical (unpaired) electrons. The Morgan fingerprint density at radius 1 is 1.08 bits per heavy atom. The highest BCUT2D eigenvalue weighted by molar-refractivity contribution is 6.01. The quantitative estimate of drug-likeness (QED) is 0.761. The van der Waals surface area contributed by atoms with E-state index in [1.165, 1.54) is 27.7 Å². The van der Waals surface area contributed by atoms with E-state index < -0.39 is 0 Å². The molecule has 0 saturated carbocycles. The fourth-order valence-corrected chi connectivity index (χ4v) is 4.34. The largest absolute Gasteiger partial charge is 0.349 e. The summed E-state index contributed by atoms with van der Waals surface area (Å²) in [5, 5.41) is 2.67. The molecule has 2 aromatic rings. The number of ether oxygens (including phenoxy) is 2. The summed E-state index contributed by atoms with van der Waals surface area (Å²) in [6.07, 6.45) is -0.132. The van der Waals surface area contributed by atoms with Gasteiger partial charge in [-0.15, -0.1) is 0 Å². The topological polar surface area (TPSA) is 21.5 Å². The van der Waals surface area contributed by atoms with Gasteiger partial charge in [-0.2, -0.15) is 4.58 Å². The number of fused-ring (bicyclic) bond motifs is 3. The van der Waals surface area contributed by atoms with Crippen LogP contribution in [0.5, 0.6) is 0 Å². The average molecular weight is 338 g/mol. The SMILES string of the molecule is CC1=[N+](CC(C)(C)C2OCCO2)c2ccc3ccccc3c2C1(C)C. The van der Waals surface area contributed by atoms with Gasteiger partial charge in [0.05, 0.1) is 24.0 Å². The first-order valence-corrected chi connectivity index (χ1v) is 9.19. The Kier molecular flexibility index (Phi) is 3.78. The molecule has 0 N–H and O–H groups in total. The minimum absolute atomic E-state index is 0.0175. The molecule has 3 nitrogen and oxygen atoms in total. The second-order valence-corrected chi connectivity index (χ2v) is 8.54. The molecule has 0 bridgehead atoms. The van der Waals surface area contributed by atoms with Crippen LogP contribution in [-0.2, 0) is 14.9 Å². The maximum absolute atomic E-state index is 5.82. The molecular formula is C22H28NO2+. The molecule has 2 heterocycles. The molecule has 25 heavy (non-hydrogen) atoms. The smallest absolute Gasteiger partial charge is 0.210 e. The lowest BCUT2D eigenvalue weighted by Crippen LogP contribution is -2.39. The third kappa shape index (κ3) is 2.52. The zero-order valence-corrected chi connectivity index (χ0v) is 15.9. The van der Waals surface area contributed by atoms with E-state index in [1.807, 2.05) is 0 Å². The van der Waals surface area contributed by atoms with Crippen molar-refractivity contribution >= 4 is 22.2 Å². The van der Waals surface area contributed by atoms with Crippen molar-refractivity contribution in [3.05, 3.63) is 42.0 Å². The first-order valence-electron chi connectivity index (χ1n) is 9.19. The van der Waals surface area contributed by atoms with Gasteiger partial charge in [0.15, 0.2) is 18.5 Å². The molecule has 0 aromatic heterocycles. The highest BCUT2D eigenvalue weighted by Gasteiger charge is 2.47. The van der Waals surface area contributed by atoms with Crippen LogP contribution in [0.2, 0.25) is 0 Å². The molecule has 3 heteroatoms. The number of hydrogen-bond donors (Lipinski definition) is 0. The molecule has 0 atom stereocenters. The van der Waals surface area contributed by atoms with Crippen molar-refractivity contribution < 1.29 is 14.0 Å². The van der Waals surface area contributed by atoms with Gasteiger partial charge in [0.1, 0.15) is 0 Å². The highest BCUT2D eigenvalue weighted by Crippen LogP contribution is 2.45. The molecule has 0 aliphatic carbocycles. The van der Waals surface area contributed by atoms with Crippen LogP contribution in [0.15, 0.2) is 36.4 Å². The Labute approximate surface area is 150 Å². The predicted molar refractivity (Wildman–Crippen MR) is 102 cm³/mol. The monoisotopic (exact) mass is 338 g/mol.